The highest BCUT2D eigenvalue weighted by Gasteiger charge is 2.24. The number of tetrazole rings is 1. The third-order valence-electron chi connectivity index (χ3n) is 6.06. The summed E-state index contributed by atoms with van der Waals surface area (Å²) in [6, 6.07) is 6.87. The van der Waals surface area contributed by atoms with E-state index < -0.39 is 5.82 Å². The van der Waals surface area contributed by atoms with Crippen LogP contribution in [0.1, 0.15) is 30.3 Å². The molecule has 9 nitrogen and oxygen atoms in total. The first-order valence-corrected chi connectivity index (χ1v) is 11.1. The number of piperidine rings is 1. The molecule has 5 rings (SSSR count). The Morgan fingerprint density at radius 2 is 2.00 bits per heavy atom. The highest BCUT2D eigenvalue weighted by atomic mass is 35.5. The molecule has 3 N–H and O–H groups in total. The minimum absolute atomic E-state index is 0.0228. The maximum absolute atomic E-state index is 14.7. The molecule has 0 atom stereocenters. The molecule has 1 fully saturated rings. The lowest BCUT2D eigenvalue weighted by atomic mass is 10.0. The van der Waals surface area contributed by atoms with Crippen LogP contribution in [0.5, 0.6) is 0 Å². The Kier molecular flexibility index (Phi) is 5.55. The fraction of sp³-hybridized carbons (Fsp3) is 0.318. The number of nitrogens with two attached hydrogens (primary N) is 1. The molecule has 11 heteroatoms. The number of benzene rings is 1. The average molecular weight is 468 g/mol. The molecule has 1 aromatic carbocycles. The van der Waals surface area contributed by atoms with Crippen molar-refractivity contribution in [1.29, 1.82) is 0 Å². The smallest absolute Gasteiger partial charge is 0.190 e. The van der Waals surface area contributed by atoms with Gasteiger partial charge in [-0.3, -0.25) is 4.68 Å². The van der Waals surface area contributed by atoms with Crippen molar-refractivity contribution in [2.45, 2.75) is 32.7 Å². The number of pyridine rings is 1. The Labute approximate surface area is 194 Å². The van der Waals surface area contributed by atoms with Gasteiger partial charge in [-0.05, 0) is 68.4 Å². The quantitative estimate of drug-likeness (QED) is 0.472. The van der Waals surface area contributed by atoms with Crippen molar-refractivity contribution in [2.75, 3.05) is 18.8 Å². The molecule has 4 heterocycles. The Morgan fingerprint density at radius 3 is 2.79 bits per heavy atom. The average Bonchev–Trinajstić information content (AvgIpc) is 3.41. The molecule has 1 aliphatic heterocycles. The van der Waals surface area contributed by atoms with Gasteiger partial charge >= 0.3 is 0 Å². The maximum atomic E-state index is 14.7. The Bertz CT molecular complexity index is 1320. The number of hydrogen-bond acceptors (Lipinski definition) is 7. The molecule has 0 unspecified atom stereocenters. The molecule has 0 bridgehead atoms. The number of nitrogen functional groups attached to an aromatic ring is 1. The lowest BCUT2D eigenvalue weighted by Crippen LogP contribution is -2.30. The number of nitrogens with one attached hydrogen (secondary N) is 1. The van der Waals surface area contributed by atoms with Crippen LogP contribution in [0.15, 0.2) is 30.5 Å². The summed E-state index contributed by atoms with van der Waals surface area (Å²) in [6.07, 6.45) is 3.79. The van der Waals surface area contributed by atoms with E-state index in [1.165, 1.54) is 10.7 Å². The van der Waals surface area contributed by atoms with Gasteiger partial charge in [-0.15, -0.1) is 5.10 Å². The van der Waals surface area contributed by atoms with Gasteiger partial charge in [0.15, 0.2) is 11.6 Å². The van der Waals surface area contributed by atoms with E-state index in [1.54, 1.807) is 18.3 Å². The van der Waals surface area contributed by atoms with Crippen LogP contribution in [-0.2, 0) is 0 Å². The molecule has 4 aromatic rings. The van der Waals surface area contributed by atoms with Crippen molar-refractivity contribution in [3.8, 4) is 28.2 Å². The first kappa shape index (κ1) is 21.5. The van der Waals surface area contributed by atoms with Gasteiger partial charge in [-0.1, -0.05) is 17.7 Å². The lowest BCUT2D eigenvalue weighted by Gasteiger charge is -2.24. The molecule has 0 aliphatic carbocycles. The van der Waals surface area contributed by atoms with Crippen molar-refractivity contribution in [3.63, 3.8) is 0 Å². The van der Waals surface area contributed by atoms with Gasteiger partial charge in [-0.25, -0.2) is 9.37 Å². The van der Waals surface area contributed by atoms with Crippen LogP contribution in [0.4, 0.5) is 10.2 Å². The summed E-state index contributed by atoms with van der Waals surface area (Å²) in [7, 11) is 0. The zero-order chi connectivity index (χ0) is 23.1. The lowest BCUT2D eigenvalue weighted by molar-refractivity contribution is 0.337. The second-order valence-electron chi connectivity index (χ2n) is 8.12. The van der Waals surface area contributed by atoms with Gasteiger partial charge in [0.25, 0.3) is 0 Å². The molecule has 1 aliphatic rings. The number of rotatable bonds is 4. The minimum atomic E-state index is -0.620. The number of halogens is 2. The number of hydrogen-bond donors (Lipinski definition) is 2. The van der Waals surface area contributed by atoms with Gasteiger partial charge in [0, 0.05) is 23.0 Å². The van der Waals surface area contributed by atoms with E-state index >= 15 is 0 Å². The summed E-state index contributed by atoms with van der Waals surface area (Å²) >= 11 is 5.96. The summed E-state index contributed by atoms with van der Waals surface area (Å²) in [6.45, 7) is 6.02. The Morgan fingerprint density at radius 1 is 1.21 bits per heavy atom. The summed E-state index contributed by atoms with van der Waals surface area (Å²) < 4.78 is 18.1. The third kappa shape index (κ3) is 3.75. The topological polar surface area (TPSA) is 112 Å². The minimum Gasteiger partial charge on any atom is -0.383 e. The number of nitrogens with zero attached hydrogens (tertiary/aromatic N) is 7. The standard InChI is InChI=1S/C22H23ClFN9/c1-12-19(13(2)32(29-12)15-6-8-26-9-7-15)14-10-16(21(25)27-11-14)22-28-30-31-33(22)18-5-3-4-17(23)20(18)24/h3-5,10-11,15,26H,6-9H2,1-2H3,(H2,25,27). The second-order valence-corrected chi connectivity index (χ2v) is 8.52. The first-order chi connectivity index (χ1) is 16.0. The van der Waals surface area contributed by atoms with E-state index in [-0.39, 0.29) is 22.4 Å². The predicted octanol–water partition coefficient (Wildman–Crippen LogP) is 3.50. The van der Waals surface area contributed by atoms with E-state index in [4.69, 9.17) is 22.4 Å². The van der Waals surface area contributed by atoms with E-state index in [2.05, 4.69) is 37.4 Å². The molecule has 0 radical (unpaired) electrons. The number of aromatic nitrogens is 7. The molecular weight excluding hydrogens is 445 g/mol. The summed E-state index contributed by atoms with van der Waals surface area (Å²) in [5, 5.41) is 20.0. The third-order valence-corrected chi connectivity index (χ3v) is 6.35. The van der Waals surface area contributed by atoms with Crippen LogP contribution in [0.25, 0.3) is 28.2 Å². The molecular formula is C22H23ClFN9. The van der Waals surface area contributed by atoms with Crippen molar-refractivity contribution >= 4 is 17.4 Å². The molecule has 33 heavy (non-hydrogen) atoms. The predicted molar refractivity (Wildman–Crippen MR) is 124 cm³/mol. The van der Waals surface area contributed by atoms with Crippen LogP contribution < -0.4 is 11.1 Å². The van der Waals surface area contributed by atoms with Gasteiger partial charge < -0.3 is 11.1 Å². The number of aryl methyl sites for hydroxylation is 1. The van der Waals surface area contributed by atoms with Gasteiger partial charge in [0.1, 0.15) is 11.5 Å². The van der Waals surface area contributed by atoms with Gasteiger partial charge in [0.05, 0.1) is 22.3 Å². The maximum Gasteiger partial charge on any atom is 0.190 e. The fourth-order valence-corrected chi connectivity index (χ4v) is 4.62. The van der Waals surface area contributed by atoms with E-state index in [0.717, 1.165) is 48.4 Å². The first-order valence-electron chi connectivity index (χ1n) is 10.7. The van der Waals surface area contributed by atoms with Crippen LogP contribution in [-0.4, -0.2) is 48.1 Å². The van der Waals surface area contributed by atoms with Crippen molar-refractivity contribution in [2.24, 2.45) is 0 Å². The van der Waals surface area contributed by atoms with Crippen molar-refractivity contribution in [3.05, 3.63) is 52.7 Å². The van der Waals surface area contributed by atoms with Gasteiger partial charge in [-0.2, -0.15) is 9.78 Å². The second kappa shape index (κ2) is 8.53. The monoisotopic (exact) mass is 467 g/mol. The van der Waals surface area contributed by atoms with Crippen LogP contribution in [0, 0.1) is 19.7 Å². The molecule has 3 aromatic heterocycles. The van der Waals surface area contributed by atoms with Crippen LogP contribution in [0.3, 0.4) is 0 Å². The highest BCUT2D eigenvalue weighted by molar-refractivity contribution is 6.30. The van der Waals surface area contributed by atoms with E-state index in [9.17, 15) is 4.39 Å². The highest BCUT2D eigenvalue weighted by Crippen LogP contribution is 2.34. The SMILES string of the molecule is Cc1nn(C2CCNCC2)c(C)c1-c1cnc(N)c(-c2nnnn2-c2cccc(Cl)c2F)c1. The Hall–Kier alpha value is -3.37. The zero-order valence-electron chi connectivity index (χ0n) is 18.3. The molecule has 0 amide bonds. The zero-order valence-corrected chi connectivity index (χ0v) is 19.0. The molecule has 1 saturated heterocycles. The normalized spacial score (nSPS) is 14.7. The van der Waals surface area contributed by atoms with Crippen LogP contribution in [0.2, 0.25) is 5.02 Å². The van der Waals surface area contributed by atoms with Crippen molar-refractivity contribution in [1.82, 2.24) is 40.3 Å². The van der Waals surface area contributed by atoms with E-state index in [0.29, 0.717) is 11.6 Å². The van der Waals surface area contributed by atoms with Crippen LogP contribution >= 0.6 is 11.6 Å². The molecule has 0 saturated carbocycles. The number of anilines is 1. The Balaban J connectivity index is 1.60. The fourth-order valence-electron chi connectivity index (χ4n) is 4.45. The summed E-state index contributed by atoms with van der Waals surface area (Å²) in [4.78, 5) is 4.39. The van der Waals surface area contributed by atoms with Crippen molar-refractivity contribution < 1.29 is 4.39 Å². The summed E-state index contributed by atoms with van der Waals surface area (Å²) in [5.74, 6) is -0.118. The largest absolute Gasteiger partial charge is 0.383 e. The molecule has 0 spiro atoms. The summed E-state index contributed by atoms with van der Waals surface area (Å²) in [5.41, 5.74) is 10.6. The molecule has 170 valence electrons. The van der Waals surface area contributed by atoms with E-state index in [1.807, 2.05) is 13.0 Å². The van der Waals surface area contributed by atoms with Gasteiger partial charge in [0.2, 0.25) is 0 Å².